The first kappa shape index (κ1) is 21.8. The number of para-hydroxylation sites is 1. The van der Waals surface area contributed by atoms with Crippen LogP contribution in [0.5, 0.6) is 11.5 Å². The minimum atomic E-state index is -3.81. The van der Waals surface area contributed by atoms with Crippen LogP contribution in [-0.2, 0) is 14.8 Å². The summed E-state index contributed by atoms with van der Waals surface area (Å²) in [6.45, 7) is 0.679. The van der Waals surface area contributed by atoms with Gasteiger partial charge in [-0.3, -0.25) is 9.78 Å². The van der Waals surface area contributed by atoms with E-state index in [9.17, 15) is 13.2 Å². The maximum atomic E-state index is 13.4. The fraction of sp³-hybridized carbons (Fsp3) is 0.478. The zero-order valence-electron chi connectivity index (χ0n) is 17.6. The Labute approximate surface area is 183 Å². The molecule has 8 heteroatoms. The Morgan fingerprint density at radius 1 is 1.03 bits per heavy atom. The lowest BCUT2D eigenvalue weighted by molar-refractivity contribution is -0.126. The quantitative estimate of drug-likeness (QED) is 0.735. The molecule has 1 N–H and O–H groups in total. The Hall–Kier alpha value is -2.45. The van der Waals surface area contributed by atoms with Crippen molar-refractivity contribution in [2.45, 2.75) is 55.9 Å². The van der Waals surface area contributed by atoms with Gasteiger partial charge in [0, 0.05) is 37.3 Å². The predicted molar refractivity (Wildman–Crippen MR) is 117 cm³/mol. The molecule has 1 aromatic heterocycles. The van der Waals surface area contributed by atoms with E-state index in [4.69, 9.17) is 4.74 Å². The second kappa shape index (κ2) is 9.78. The topological polar surface area (TPSA) is 88.6 Å². The molecule has 31 heavy (non-hydrogen) atoms. The van der Waals surface area contributed by atoms with Crippen LogP contribution in [0.3, 0.4) is 0 Å². The highest BCUT2D eigenvalue weighted by atomic mass is 32.2. The van der Waals surface area contributed by atoms with Gasteiger partial charge in [-0.05, 0) is 37.8 Å². The van der Waals surface area contributed by atoms with Crippen molar-refractivity contribution in [3.8, 4) is 11.5 Å². The summed E-state index contributed by atoms with van der Waals surface area (Å²) in [5.41, 5.74) is 0. The van der Waals surface area contributed by atoms with Gasteiger partial charge in [-0.1, -0.05) is 37.5 Å². The number of benzene rings is 1. The van der Waals surface area contributed by atoms with Crippen molar-refractivity contribution in [1.82, 2.24) is 14.6 Å². The normalized spacial score (nSPS) is 20.8. The Balaban J connectivity index is 1.48. The van der Waals surface area contributed by atoms with E-state index in [1.165, 1.54) is 23.1 Å². The van der Waals surface area contributed by atoms with E-state index in [2.05, 4.69) is 10.3 Å². The van der Waals surface area contributed by atoms with Crippen LogP contribution in [0.25, 0.3) is 0 Å². The summed E-state index contributed by atoms with van der Waals surface area (Å²) >= 11 is 0. The number of aromatic nitrogens is 1. The van der Waals surface area contributed by atoms with Crippen molar-refractivity contribution in [3.05, 3.63) is 48.8 Å². The van der Waals surface area contributed by atoms with Gasteiger partial charge in [0.2, 0.25) is 15.9 Å². The van der Waals surface area contributed by atoms with Gasteiger partial charge in [0.05, 0.1) is 6.20 Å². The molecule has 1 aromatic carbocycles. The molecule has 2 aromatic rings. The van der Waals surface area contributed by atoms with Gasteiger partial charge in [0.15, 0.2) is 5.75 Å². The number of nitrogens with one attached hydrogen (secondary N) is 1. The fourth-order valence-electron chi connectivity index (χ4n) is 4.36. The molecule has 0 bridgehead atoms. The number of hydrogen-bond acceptors (Lipinski definition) is 5. The lowest BCUT2D eigenvalue weighted by Crippen LogP contribution is -2.50. The lowest BCUT2D eigenvalue weighted by atomic mass is 9.88. The number of pyridine rings is 1. The van der Waals surface area contributed by atoms with Gasteiger partial charge in [-0.25, -0.2) is 8.42 Å². The average molecular weight is 444 g/mol. The highest BCUT2D eigenvalue weighted by Crippen LogP contribution is 2.31. The monoisotopic (exact) mass is 443 g/mol. The van der Waals surface area contributed by atoms with E-state index in [1.807, 2.05) is 18.2 Å². The molecule has 1 amide bonds. The second-order valence-electron chi connectivity index (χ2n) is 8.28. The van der Waals surface area contributed by atoms with Crippen LogP contribution < -0.4 is 10.1 Å². The number of carbonyl (C=O) groups excluding carboxylic acids is 1. The number of carbonyl (C=O) groups is 1. The highest BCUT2D eigenvalue weighted by Gasteiger charge is 2.34. The van der Waals surface area contributed by atoms with E-state index >= 15 is 0 Å². The number of hydrogen-bond donors (Lipinski definition) is 1. The third kappa shape index (κ3) is 5.25. The van der Waals surface area contributed by atoms with E-state index in [-0.39, 0.29) is 35.1 Å². The van der Waals surface area contributed by atoms with Crippen LogP contribution in [0.2, 0.25) is 0 Å². The van der Waals surface area contributed by atoms with Crippen molar-refractivity contribution in [2.75, 3.05) is 13.1 Å². The van der Waals surface area contributed by atoms with Crippen molar-refractivity contribution < 1.29 is 17.9 Å². The molecule has 7 nitrogen and oxygen atoms in total. The van der Waals surface area contributed by atoms with E-state index in [1.54, 1.807) is 18.2 Å². The Kier molecular flexibility index (Phi) is 6.87. The average Bonchev–Trinajstić information content (AvgIpc) is 2.81. The van der Waals surface area contributed by atoms with Gasteiger partial charge in [-0.2, -0.15) is 4.31 Å². The molecular formula is C23H29N3O4S. The number of sulfonamides is 1. The molecule has 2 heterocycles. The minimum absolute atomic E-state index is 0.0399. The SMILES string of the molecule is O=C(N[C@H]1CCCN(S(=O)(=O)c2cnccc2Oc2ccccc2)C1)C1CCCCC1. The molecule has 4 rings (SSSR count). The van der Waals surface area contributed by atoms with Crippen molar-refractivity contribution in [1.29, 1.82) is 0 Å². The van der Waals surface area contributed by atoms with Crippen LogP contribution in [0.1, 0.15) is 44.9 Å². The molecule has 0 radical (unpaired) electrons. The number of amides is 1. The first-order valence-corrected chi connectivity index (χ1v) is 12.5. The molecule has 166 valence electrons. The summed E-state index contributed by atoms with van der Waals surface area (Å²) in [4.78, 5) is 16.7. The van der Waals surface area contributed by atoms with Crippen LogP contribution >= 0.6 is 0 Å². The van der Waals surface area contributed by atoms with Gasteiger partial charge in [-0.15, -0.1) is 0 Å². The third-order valence-corrected chi connectivity index (χ3v) is 7.92. The first-order valence-electron chi connectivity index (χ1n) is 11.0. The van der Waals surface area contributed by atoms with Gasteiger partial charge >= 0.3 is 0 Å². The Morgan fingerprint density at radius 3 is 2.58 bits per heavy atom. The molecule has 2 fully saturated rings. The molecule has 0 unspecified atom stereocenters. The molecule has 1 aliphatic heterocycles. The van der Waals surface area contributed by atoms with Crippen molar-refractivity contribution in [3.63, 3.8) is 0 Å². The second-order valence-corrected chi connectivity index (χ2v) is 10.2. The van der Waals surface area contributed by atoms with Crippen molar-refractivity contribution >= 4 is 15.9 Å². The van der Waals surface area contributed by atoms with E-state index < -0.39 is 10.0 Å². The lowest BCUT2D eigenvalue weighted by Gasteiger charge is -2.33. The first-order chi connectivity index (χ1) is 15.0. The predicted octanol–water partition coefficient (Wildman–Crippen LogP) is 3.72. The molecule has 1 atom stereocenters. The molecule has 1 saturated heterocycles. The largest absolute Gasteiger partial charge is 0.456 e. The van der Waals surface area contributed by atoms with Crippen LogP contribution in [0.15, 0.2) is 53.7 Å². The van der Waals surface area contributed by atoms with Gasteiger partial charge in [0.1, 0.15) is 10.6 Å². The molecule has 2 aliphatic rings. The van der Waals surface area contributed by atoms with Crippen LogP contribution in [0.4, 0.5) is 0 Å². The summed E-state index contributed by atoms with van der Waals surface area (Å²) in [5, 5.41) is 3.10. The van der Waals surface area contributed by atoms with Crippen LogP contribution in [0, 0.1) is 5.92 Å². The zero-order valence-corrected chi connectivity index (χ0v) is 18.4. The standard InChI is InChI=1S/C23H29N3O4S/c27-23(18-8-3-1-4-9-18)25-19-10-7-15-26(17-19)31(28,29)22-16-24-14-13-21(22)30-20-11-5-2-6-12-20/h2,5-6,11-14,16,18-19H,1,3-4,7-10,15,17H2,(H,25,27)/t19-/m0/s1. The third-order valence-electron chi connectivity index (χ3n) is 6.04. The minimum Gasteiger partial charge on any atom is -0.456 e. The van der Waals surface area contributed by atoms with Crippen molar-refractivity contribution in [2.24, 2.45) is 5.92 Å². The Bertz CT molecular complexity index is 991. The van der Waals surface area contributed by atoms with Gasteiger partial charge < -0.3 is 10.1 Å². The van der Waals surface area contributed by atoms with E-state index in [0.717, 1.165) is 32.1 Å². The summed E-state index contributed by atoms with van der Waals surface area (Å²) in [6.07, 6.45) is 9.56. The Morgan fingerprint density at radius 2 is 1.81 bits per heavy atom. The molecular weight excluding hydrogens is 414 g/mol. The molecule has 0 spiro atoms. The summed E-state index contributed by atoms with van der Waals surface area (Å²) in [7, 11) is -3.81. The highest BCUT2D eigenvalue weighted by molar-refractivity contribution is 7.89. The van der Waals surface area contributed by atoms with E-state index in [0.29, 0.717) is 18.7 Å². The van der Waals surface area contributed by atoms with Crippen LogP contribution in [-0.4, -0.2) is 42.7 Å². The maximum absolute atomic E-state index is 13.4. The smallest absolute Gasteiger partial charge is 0.248 e. The number of ether oxygens (including phenoxy) is 1. The van der Waals surface area contributed by atoms with Gasteiger partial charge in [0.25, 0.3) is 0 Å². The summed E-state index contributed by atoms with van der Waals surface area (Å²) < 4.78 is 34.1. The number of rotatable bonds is 6. The molecule has 1 saturated carbocycles. The fourth-order valence-corrected chi connectivity index (χ4v) is 5.94. The summed E-state index contributed by atoms with van der Waals surface area (Å²) in [6, 6.07) is 10.5. The number of nitrogens with zero attached hydrogens (tertiary/aromatic N) is 2. The summed E-state index contributed by atoms with van der Waals surface area (Å²) in [5.74, 6) is 0.930. The number of piperidine rings is 1. The zero-order chi connectivity index (χ0) is 21.7. The maximum Gasteiger partial charge on any atom is 0.248 e. The molecule has 1 aliphatic carbocycles.